The molecule has 1 aromatic carbocycles. The summed E-state index contributed by atoms with van der Waals surface area (Å²) in [5.74, 6) is 0.706. The fraction of sp³-hybridized carbons (Fsp3) is 0.462. The average Bonchev–Trinajstić information content (AvgIpc) is 3.13. The first-order valence-corrected chi connectivity index (χ1v) is 7.05. The lowest BCUT2D eigenvalue weighted by atomic mass is 10.1. The molecule has 4 heteroatoms. The van der Waals surface area contributed by atoms with Crippen LogP contribution in [0.1, 0.15) is 28.8 Å². The fourth-order valence-electron chi connectivity index (χ4n) is 1.70. The van der Waals surface area contributed by atoms with Crippen LogP contribution >= 0.6 is 27.5 Å². The van der Waals surface area contributed by atoms with Gasteiger partial charge in [-0.1, -0.05) is 27.5 Å². The predicted octanol–water partition coefficient (Wildman–Crippen LogP) is 3.55. The Balaban J connectivity index is 1.92. The van der Waals surface area contributed by atoms with Gasteiger partial charge in [0.25, 0.3) is 5.91 Å². The minimum atomic E-state index is -0.0325. The molecule has 0 aromatic heterocycles. The van der Waals surface area contributed by atoms with Gasteiger partial charge in [-0.15, -0.1) is 0 Å². The van der Waals surface area contributed by atoms with Crippen LogP contribution < -0.4 is 5.32 Å². The number of nitrogens with one attached hydrogen (secondary N) is 1. The zero-order valence-electron chi connectivity index (χ0n) is 9.67. The third kappa shape index (κ3) is 3.46. The van der Waals surface area contributed by atoms with Crippen molar-refractivity contribution >= 4 is 33.4 Å². The van der Waals surface area contributed by atoms with Gasteiger partial charge in [-0.25, -0.2) is 0 Å². The Morgan fingerprint density at radius 1 is 1.59 bits per heavy atom. The SMILES string of the molecule is Cc1cc(C(=O)NCC(Br)C2CC2)ccc1Cl. The van der Waals surface area contributed by atoms with E-state index in [0.29, 0.717) is 22.0 Å². The maximum atomic E-state index is 11.9. The van der Waals surface area contributed by atoms with Gasteiger partial charge in [0.2, 0.25) is 0 Å². The van der Waals surface area contributed by atoms with E-state index in [1.807, 2.05) is 13.0 Å². The van der Waals surface area contributed by atoms with Gasteiger partial charge in [0.1, 0.15) is 0 Å². The summed E-state index contributed by atoms with van der Waals surface area (Å²) < 4.78 is 0. The highest BCUT2D eigenvalue weighted by Crippen LogP contribution is 2.36. The van der Waals surface area contributed by atoms with Crippen LogP contribution in [-0.4, -0.2) is 17.3 Å². The van der Waals surface area contributed by atoms with Crippen molar-refractivity contribution in [3.63, 3.8) is 0 Å². The molecule has 92 valence electrons. The summed E-state index contributed by atoms with van der Waals surface area (Å²) in [6.45, 7) is 2.59. The molecule has 2 nitrogen and oxygen atoms in total. The van der Waals surface area contributed by atoms with Crippen molar-refractivity contribution < 1.29 is 4.79 Å². The first-order valence-electron chi connectivity index (χ1n) is 5.76. The van der Waals surface area contributed by atoms with Gasteiger partial charge in [0.15, 0.2) is 0 Å². The topological polar surface area (TPSA) is 29.1 Å². The molecule has 0 heterocycles. The molecule has 1 fully saturated rings. The quantitative estimate of drug-likeness (QED) is 0.846. The lowest BCUT2D eigenvalue weighted by Crippen LogP contribution is -2.30. The van der Waals surface area contributed by atoms with Gasteiger partial charge >= 0.3 is 0 Å². The van der Waals surface area contributed by atoms with Crippen molar-refractivity contribution in [3.8, 4) is 0 Å². The number of carbonyl (C=O) groups is 1. The molecule has 0 bridgehead atoms. The van der Waals surface area contributed by atoms with Crippen molar-refractivity contribution in [2.45, 2.75) is 24.6 Å². The highest BCUT2D eigenvalue weighted by molar-refractivity contribution is 9.09. The normalized spacial score (nSPS) is 16.6. The minimum Gasteiger partial charge on any atom is -0.351 e. The first-order chi connectivity index (χ1) is 8.08. The Bertz CT molecular complexity index is 431. The van der Waals surface area contributed by atoms with Gasteiger partial charge in [-0.3, -0.25) is 4.79 Å². The third-order valence-electron chi connectivity index (χ3n) is 3.01. The summed E-state index contributed by atoms with van der Waals surface area (Å²) in [5, 5.41) is 3.63. The van der Waals surface area contributed by atoms with E-state index in [4.69, 9.17) is 11.6 Å². The number of carbonyl (C=O) groups excluding carboxylic acids is 1. The number of aryl methyl sites for hydroxylation is 1. The van der Waals surface area contributed by atoms with E-state index >= 15 is 0 Å². The number of rotatable bonds is 4. The van der Waals surface area contributed by atoms with Crippen LogP contribution in [-0.2, 0) is 0 Å². The van der Waals surface area contributed by atoms with Crippen molar-refractivity contribution in [1.82, 2.24) is 5.32 Å². The van der Waals surface area contributed by atoms with E-state index in [0.717, 1.165) is 11.5 Å². The van der Waals surface area contributed by atoms with Crippen LogP contribution in [0.25, 0.3) is 0 Å². The summed E-state index contributed by atoms with van der Waals surface area (Å²) >= 11 is 9.52. The molecular formula is C13H15BrClNO. The molecule has 1 N–H and O–H groups in total. The van der Waals surface area contributed by atoms with E-state index < -0.39 is 0 Å². The molecule has 2 rings (SSSR count). The zero-order chi connectivity index (χ0) is 12.4. The molecule has 1 aliphatic rings. The van der Waals surface area contributed by atoms with Crippen LogP contribution in [0, 0.1) is 12.8 Å². The second-order valence-corrected chi connectivity index (χ2v) is 6.11. The maximum absolute atomic E-state index is 11.9. The number of benzene rings is 1. The molecule has 1 saturated carbocycles. The summed E-state index contributed by atoms with van der Waals surface area (Å²) in [7, 11) is 0. The van der Waals surface area contributed by atoms with E-state index in [9.17, 15) is 4.79 Å². The number of halogens is 2. The monoisotopic (exact) mass is 315 g/mol. The molecule has 1 aliphatic carbocycles. The van der Waals surface area contributed by atoms with Gasteiger partial charge in [0.05, 0.1) is 0 Å². The Kier molecular flexibility index (Phi) is 4.10. The average molecular weight is 317 g/mol. The number of hydrogen-bond donors (Lipinski definition) is 1. The summed E-state index contributed by atoms with van der Waals surface area (Å²) in [5.41, 5.74) is 1.60. The molecule has 1 aromatic rings. The van der Waals surface area contributed by atoms with E-state index in [1.54, 1.807) is 12.1 Å². The predicted molar refractivity (Wildman–Crippen MR) is 74.0 cm³/mol. The highest BCUT2D eigenvalue weighted by atomic mass is 79.9. The maximum Gasteiger partial charge on any atom is 0.251 e. The van der Waals surface area contributed by atoms with Crippen LogP contribution in [0.4, 0.5) is 0 Å². The van der Waals surface area contributed by atoms with E-state index in [2.05, 4.69) is 21.2 Å². The highest BCUT2D eigenvalue weighted by Gasteiger charge is 2.29. The molecular weight excluding hydrogens is 302 g/mol. The molecule has 0 radical (unpaired) electrons. The first kappa shape index (κ1) is 12.9. The van der Waals surface area contributed by atoms with E-state index in [1.165, 1.54) is 12.8 Å². The fourth-order valence-corrected chi connectivity index (χ4v) is 2.51. The van der Waals surface area contributed by atoms with Crippen molar-refractivity contribution in [2.24, 2.45) is 5.92 Å². The van der Waals surface area contributed by atoms with E-state index in [-0.39, 0.29) is 5.91 Å². The summed E-state index contributed by atoms with van der Waals surface area (Å²) in [6.07, 6.45) is 2.54. The number of hydrogen-bond acceptors (Lipinski definition) is 1. The number of alkyl halides is 1. The zero-order valence-corrected chi connectivity index (χ0v) is 12.0. The van der Waals surface area contributed by atoms with Crippen molar-refractivity contribution in [2.75, 3.05) is 6.54 Å². The molecule has 0 spiro atoms. The second kappa shape index (κ2) is 5.40. The Morgan fingerprint density at radius 3 is 2.88 bits per heavy atom. The molecule has 0 saturated heterocycles. The summed E-state index contributed by atoms with van der Waals surface area (Å²) in [6, 6.07) is 5.33. The molecule has 0 aliphatic heterocycles. The molecule has 1 amide bonds. The lowest BCUT2D eigenvalue weighted by Gasteiger charge is -2.10. The van der Waals surface area contributed by atoms with Gasteiger partial charge in [-0.05, 0) is 49.4 Å². The largest absolute Gasteiger partial charge is 0.351 e. The Hall–Kier alpha value is -0.540. The van der Waals surface area contributed by atoms with Crippen molar-refractivity contribution in [1.29, 1.82) is 0 Å². The standard InChI is InChI=1S/C13H15BrClNO/c1-8-6-10(4-5-12(8)15)13(17)16-7-11(14)9-2-3-9/h4-6,9,11H,2-3,7H2,1H3,(H,16,17). The minimum absolute atomic E-state index is 0.0325. The lowest BCUT2D eigenvalue weighted by molar-refractivity contribution is 0.0953. The van der Waals surface area contributed by atoms with Gasteiger partial charge < -0.3 is 5.32 Å². The molecule has 17 heavy (non-hydrogen) atoms. The van der Waals surface area contributed by atoms with Crippen molar-refractivity contribution in [3.05, 3.63) is 34.3 Å². The third-order valence-corrected chi connectivity index (χ3v) is 4.51. The molecule has 1 atom stereocenters. The smallest absolute Gasteiger partial charge is 0.251 e. The Labute approximate surface area is 115 Å². The van der Waals surface area contributed by atoms with Crippen LogP contribution in [0.15, 0.2) is 18.2 Å². The van der Waals surface area contributed by atoms with Crippen LogP contribution in [0.2, 0.25) is 5.02 Å². The summed E-state index contributed by atoms with van der Waals surface area (Å²) in [4.78, 5) is 12.3. The van der Waals surface area contributed by atoms with Gasteiger partial charge in [0, 0.05) is 22.0 Å². The van der Waals surface area contributed by atoms with Gasteiger partial charge in [-0.2, -0.15) is 0 Å². The number of amides is 1. The second-order valence-electron chi connectivity index (χ2n) is 4.53. The van der Waals surface area contributed by atoms with Crippen LogP contribution in [0.5, 0.6) is 0 Å². The van der Waals surface area contributed by atoms with Crippen LogP contribution in [0.3, 0.4) is 0 Å². The Morgan fingerprint density at radius 2 is 2.29 bits per heavy atom. The molecule has 1 unspecified atom stereocenters.